The smallest absolute Gasteiger partial charge is 0.277 e. The number of ether oxygens (including phenoxy) is 2. The maximum atomic E-state index is 11.4. The number of nitrogens with one attached hydrogen (secondary N) is 3. The van der Waals surface area contributed by atoms with E-state index in [1.54, 1.807) is 0 Å². The van der Waals surface area contributed by atoms with Crippen LogP contribution in [0.5, 0.6) is 0 Å². The van der Waals surface area contributed by atoms with Crippen LogP contribution in [0.1, 0.15) is 0 Å². The second-order valence-electron chi connectivity index (χ2n) is 3.44. The molecule has 3 N–H and O–H groups in total. The Bertz CT molecular complexity index is 277. The highest BCUT2D eigenvalue weighted by Crippen LogP contribution is 1.94. The van der Waals surface area contributed by atoms with E-state index in [0.29, 0.717) is 19.8 Å². The van der Waals surface area contributed by atoms with Gasteiger partial charge in [-0.05, 0) is 0 Å². The van der Waals surface area contributed by atoms with Crippen molar-refractivity contribution in [1.82, 2.24) is 14.8 Å². The topological polar surface area (TPSA) is 88.7 Å². The minimum absolute atomic E-state index is 0.104. The third kappa shape index (κ3) is 5.73. The van der Waals surface area contributed by atoms with Gasteiger partial charge in [0.15, 0.2) is 0 Å². The van der Waals surface area contributed by atoms with E-state index in [1.165, 1.54) is 7.11 Å². The molecular formula is C8H19N3O4S. The maximum absolute atomic E-state index is 11.4. The second-order valence-corrected chi connectivity index (χ2v) is 5.02. The lowest BCUT2D eigenvalue weighted by Crippen LogP contribution is -2.47. The highest BCUT2D eigenvalue weighted by Gasteiger charge is 2.16. The first kappa shape index (κ1) is 13.8. The normalized spacial score (nSPS) is 22.2. The summed E-state index contributed by atoms with van der Waals surface area (Å²) in [6.45, 7) is 2.98. The Hall–Kier alpha value is -0.250. The number of morpholine rings is 1. The van der Waals surface area contributed by atoms with Crippen molar-refractivity contribution in [2.45, 2.75) is 6.10 Å². The molecule has 0 aliphatic carbocycles. The monoisotopic (exact) mass is 253 g/mol. The Labute approximate surface area is 96.1 Å². The molecule has 0 spiro atoms. The number of rotatable bonds is 7. The van der Waals surface area contributed by atoms with Gasteiger partial charge in [0.1, 0.15) is 0 Å². The van der Waals surface area contributed by atoms with Crippen molar-refractivity contribution in [3.8, 4) is 0 Å². The predicted molar refractivity (Wildman–Crippen MR) is 59.4 cm³/mol. The largest absolute Gasteiger partial charge is 0.383 e. The molecule has 0 radical (unpaired) electrons. The van der Waals surface area contributed by atoms with Crippen LogP contribution in [0.2, 0.25) is 0 Å². The van der Waals surface area contributed by atoms with Crippen molar-refractivity contribution in [1.29, 1.82) is 0 Å². The fourth-order valence-electron chi connectivity index (χ4n) is 1.28. The Morgan fingerprint density at radius 3 is 2.94 bits per heavy atom. The molecule has 1 fully saturated rings. The van der Waals surface area contributed by atoms with Gasteiger partial charge in [-0.3, -0.25) is 0 Å². The third-order valence-corrected chi connectivity index (χ3v) is 3.23. The summed E-state index contributed by atoms with van der Waals surface area (Å²) in [5.41, 5.74) is 0. The Morgan fingerprint density at radius 2 is 2.31 bits per heavy atom. The Kier molecular flexibility index (Phi) is 6.17. The second kappa shape index (κ2) is 7.15. The molecule has 7 nitrogen and oxygen atoms in total. The van der Waals surface area contributed by atoms with Gasteiger partial charge in [0.2, 0.25) is 0 Å². The zero-order chi connectivity index (χ0) is 11.9. The summed E-state index contributed by atoms with van der Waals surface area (Å²) in [6, 6.07) is 0. The van der Waals surface area contributed by atoms with E-state index in [-0.39, 0.29) is 19.2 Å². The van der Waals surface area contributed by atoms with Gasteiger partial charge >= 0.3 is 0 Å². The van der Waals surface area contributed by atoms with Crippen molar-refractivity contribution in [3.05, 3.63) is 0 Å². The summed E-state index contributed by atoms with van der Waals surface area (Å²) < 4.78 is 37.7. The fraction of sp³-hybridized carbons (Fsp3) is 1.00. The molecule has 0 aromatic rings. The summed E-state index contributed by atoms with van der Waals surface area (Å²) >= 11 is 0. The van der Waals surface area contributed by atoms with Crippen LogP contribution < -0.4 is 14.8 Å². The molecule has 1 rings (SSSR count). The first-order valence-electron chi connectivity index (χ1n) is 5.19. The van der Waals surface area contributed by atoms with E-state index >= 15 is 0 Å². The Morgan fingerprint density at radius 1 is 1.50 bits per heavy atom. The van der Waals surface area contributed by atoms with Gasteiger partial charge in [-0.15, -0.1) is 0 Å². The van der Waals surface area contributed by atoms with E-state index in [1.807, 2.05) is 0 Å². The van der Waals surface area contributed by atoms with Crippen LogP contribution in [0, 0.1) is 0 Å². The standard InChI is InChI=1S/C8H19N3O4S/c1-14-4-3-10-16(12,13)11-7-8-6-9-2-5-15-8/h8-11H,2-7H2,1H3. The van der Waals surface area contributed by atoms with E-state index in [2.05, 4.69) is 14.8 Å². The average Bonchev–Trinajstić information content (AvgIpc) is 2.28. The molecule has 0 saturated carbocycles. The zero-order valence-corrected chi connectivity index (χ0v) is 10.2. The lowest BCUT2D eigenvalue weighted by atomic mass is 10.3. The van der Waals surface area contributed by atoms with Crippen molar-refractivity contribution in [2.75, 3.05) is 46.5 Å². The molecule has 1 heterocycles. The van der Waals surface area contributed by atoms with Crippen LogP contribution in [-0.2, 0) is 19.7 Å². The van der Waals surface area contributed by atoms with Gasteiger partial charge in [-0.2, -0.15) is 17.9 Å². The molecule has 1 saturated heterocycles. The van der Waals surface area contributed by atoms with Gasteiger partial charge < -0.3 is 14.8 Å². The van der Waals surface area contributed by atoms with E-state index in [0.717, 1.165) is 6.54 Å². The molecule has 0 amide bonds. The summed E-state index contributed by atoms with van der Waals surface area (Å²) in [4.78, 5) is 0. The van der Waals surface area contributed by atoms with Crippen LogP contribution >= 0.6 is 0 Å². The molecular weight excluding hydrogens is 234 g/mol. The molecule has 1 aliphatic rings. The van der Waals surface area contributed by atoms with Crippen molar-refractivity contribution in [2.24, 2.45) is 0 Å². The number of hydrogen-bond acceptors (Lipinski definition) is 5. The van der Waals surface area contributed by atoms with Crippen LogP contribution in [0.25, 0.3) is 0 Å². The third-order valence-electron chi connectivity index (χ3n) is 2.10. The van der Waals surface area contributed by atoms with Crippen LogP contribution in [-0.4, -0.2) is 61.0 Å². The summed E-state index contributed by atoms with van der Waals surface area (Å²) in [6.07, 6.45) is -0.104. The maximum Gasteiger partial charge on any atom is 0.277 e. The van der Waals surface area contributed by atoms with Crippen LogP contribution in [0.3, 0.4) is 0 Å². The highest BCUT2D eigenvalue weighted by atomic mass is 32.2. The molecule has 16 heavy (non-hydrogen) atoms. The van der Waals surface area contributed by atoms with Gasteiger partial charge in [0, 0.05) is 33.3 Å². The van der Waals surface area contributed by atoms with E-state index in [9.17, 15) is 8.42 Å². The quantitative estimate of drug-likeness (QED) is 0.459. The van der Waals surface area contributed by atoms with Gasteiger partial charge in [0.05, 0.1) is 19.3 Å². The molecule has 96 valence electrons. The summed E-state index contributed by atoms with van der Waals surface area (Å²) in [5, 5.41) is 3.12. The molecule has 8 heteroatoms. The lowest BCUT2D eigenvalue weighted by Gasteiger charge is -2.23. The van der Waals surface area contributed by atoms with E-state index < -0.39 is 10.2 Å². The minimum Gasteiger partial charge on any atom is -0.383 e. The predicted octanol–water partition coefficient (Wildman–Crippen LogP) is -1.95. The molecule has 1 atom stereocenters. The molecule has 1 unspecified atom stereocenters. The highest BCUT2D eigenvalue weighted by molar-refractivity contribution is 7.87. The number of hydrogen-bond donors (Lipinski definition) is 3. The van der Waals surface area contributed by atoms with Gasteiger partial charge in [-0.1, -0.05) is 0 Å². The molecule has 0 aromatic carbocycles. The van der Waals surface area contributed by atoms with Crippen LogP contribution in [0.4, 0.5) is 0 Å². The van der Waals surface area contributed by atoms with Crippen molar-refractivity contribution in [3.63, 3.8) is 0 Å². The van der Waals surface area contributed by atoms with Gasteiger partial charge in [0.25, 0.3) is 10.2 Å². The summed E-state index contributed by atoms with van der Waals surface area (Å²) in [7, 11) is -1.92. The molecule has 1 aliphatic heterocycles. The van der Waals surface area contributed by atoms with Crippen molar-refractivity contribution >= 4 is 10.2 Å². The first-order valence-corrected chi connectivity index (χ1v) is 6.68. The molecule has 0 bridgehead atoms. The summed E-state index contributed by atoms with van der Waals surface area (Å²) in [5.74, 6) is 0. The zero-order valence-electron chi connectivity index (χ0n) is 9.36. The van der Waals surface area contributed by atoms with Gasteiger partial charge in [-0.25, -0.2) is 0 Å². The average molecular weight is 253 g/mol. The lowest BCUT2D eigenvalue weighted by molar-refractivity contribution is 0.0323. The van der Waals surface area contributed by atoms with E-state index in [4.69, 9.17) is 9.47 Å². The number of methoxy groups -OCH3 is 1. The fourth-order valence-corrected chi connectivity index (χ4v) is 2.14. The first-order chi connectivity index (χ1) is 7.64. The minimum atomic E-state index is -3.44. The van der Waals surface area contributed by atoms with Crippen LogP contribution in [0.15, 0.2) is 0 Å². The SMILES string of the molecule is COCCNS(=O)(=O)NCC1CNCCO1. The van der Waals surface area contributed by atoms with Crippen molar-refractivity contribution < 1.29 is 17.9 Å². The molecule has 0 aromatic heterocycles. The Balaban J connectivity index is 2.18.